The van der Waals surface area contributed by atoms with Crippen LogP contribution in [0.2, 0.25) is 0 Å². The lowest BCUT2D eigenvalue weighted by atomic mass is 10.2. The molecule has 2 heterocycles. The van der Waals surface area contributed by atoms with E-state index in [9.17, 15) is 9.59 Å². The Balaban J connectivity index is 2.10. The van der Waals surface area contributed by atoms with Crippen LogP contribution in [0.1, 0.15) is 35.2 Å². The minimum Gasteiger partial charge on any atom is -0.465 e. The number of aryl methyl sites for hydroxylation is 1. The van der Waals surface area contributed by atoms with E-state index in [4.69, 9.17) is 4.42 Å². The smallest absolute Gasteiger partial charge is 0.343 e. The van der Waals surface area contributed by atoms with Crippen molar-refractivity contribution in [3.63, 3.8) is 0 Å². The average Bonchev–Trinajstić information content (AvgIpc) is 3.01. The minimum absolute atomic E-state index is 0.217. The Morgan fingerprint density at radius 3 is 3.00 bits per heavy atom. The van der Waals surface area contributed by atoms with Gasteiger partial charge in [-0.1, -0.05) is 18.7 Å². The summed E-state index contributed by atoms with van der Waals surface area (Å²) in [6, 6.07) is 1.66. The molecule has 114 valence electrons. The Morgan fingerprint density at radius 1 is 1.57 bits per heavy atom. The van der Waals surface area contributed by atoms with E-state index in [0.717, 1.165) is 6.42 Å². The third-order valence-electron chi connectivity index (χ3n) is 2.89. The topological polar surface area (TPSA) is 90.1 Å². The zero-order valence-corrected chi connectivity index (χ0v) is 13.0. The number of rotatable bonds is 6. The predicted octanol–water partition coefficient (Wildman–Crippen LogP) is 1.96. The third kappa shape index (κ3) is 3.38. The van der Waals surface area contributed by atoms with Crippen LogP contribution in [-0.2, 0) is 17.0 Å². The van der Waals surface area contributed by atoms with E-state index in [1.54, 1.807) is 17.6 Å². The molecule has 0 aliphatic rings. The van der Waals surface area contributed by atoms with E-state index >= 15 is 0 Å². The molecule has 1 N–H and O–H groups in total. The van der Waals surface area contributed by atoms with Crippen LogP contribution in [0, 0.1) is 6.92 Å². The lowest BCUT2D eigenvalue weighted by Crippen LogP contribution is -2.17. The highest BCUT2D eigenvalue weighted by Crippen LogP contribution is 2.23. The van der Waals surface area contributed by atoms with Crippen molar-refractivity contribution < 1.29 is 13.9 Å². The molecule has 0 atom stereocenters. The number of hydrogen-bond donors (Lipinski definition) is 1. The van der Waals surface area contributed by atoms with E-state index in [1.165, 1.54) is 18.9 Å². The van der Waals surface area contributed by atoms with Gasteiger partial charge in [0.2, 0.25) is 0 Å². The Bertz CT molecular complexity index is 686. The maximum atomic E-state index is 11.6. The molecule has 0 aliphatic carbocycles. The highest BCUT2D eigenvalue weighted by molar-refractivity contribution is 7.98. The first-order valence-electron chi connectivity index (χ1n) is 6.52. The van der Waals surface area contributed by atoms with Crippen molar-refractivity contribution in [3.05, 3.63) is 33.6 Å². The number of carbonyl (C=O) groups is 1. The van der Waals surface area contributed by atoms with E-state index in [1.807, 2.05) is 6.92 Å². The van der Waals surface area contributed by atoms with Crippen LogP contribution in [0.3, 0.4) is 0 Å². The molecule has 0 radical (unpaired) electrons. The summed E-state index contributed by atoms with van der Waals surface area (Å²) >= 11 is 1.38. The Morgan fingerprint density at radius 2 is 2.33 bits per heavy atom. The van der Waals surface area contributed by atoms with E-state index < -0.39 is 5.97 Å². The summed E-state index contributed by atoms with van der Waals surface area (Å²) in [5.74, 6) is 1.21. The summed E-state index contributed by atoms with van der Waals surface area (Å²) in [5, 5.41) is 7.03. The molecule has 21 heavy (non-hydrogen) atoms. The van der Waals surface area contributed by atoms with Gasteiger partial charge in [-0.2, -0.15) is 0 Å². The third-order valence-corrected chi connectivity index (χ3v) is 3.89. The number of nitrogens with zero attached hydrogens (tertiary/aromatic N) is 2. The first-order valence-corrected chi connectivity index (χ1v) is 7.51. The van der Waals surface area contributed by atoms with Gasteiger partial charge in [-0.3, -0.25) is 4.57 Å². The lowest BCUT2D eigenvalue weighted by Gasteiger charge is -2.01. The van der Waals surface area contributed by atoms with Crippen LogP contribution in [-0.4, -0.2) is 27.8 Å². The summed E-state index contributed by atoms with van der Waals surface area (Å²) in [7, 11) is 1.33. The fourth-order valence-electron chi connectivity index (χ4n) is 1.90. The summed E-state index contributed by atoms with van der Waals surface area (Å²) in [5.41, 5.74) is 0.200. The van der Waals surface area contributed by atoms with Crippen molar-refractivity contribution in [2.75, 3.05) is 7.11 Å². The normalized spacial score (nSPS) is 10.8. The van der Waals surface area contributed by atoms with Crippen molar-refractivity contribution >= 4 is 17.7 Å². The van der Waals surface area contributed by atoms with E-state index in [2.05, 4.69) is 14.9 Å². The number of H-pyrrole nitrogens is 1. The SMILES string of the molecule is CCCn1c(SCc2cc(C(=O)OC)c(C)o2)n[nH]c1=O. The van der Waals surface area contributed by atoms with Crippen LogP contribution in [0.5, 0.6) is 0 Å². The monoisotopic (exact) mass is 311 g/mol. The van der Waals surface area contributed by atoms with Gasteiger partial charge in [0.15, 0.2) is 5.16 Å². The number of carbonyl (C=O) groups excluding carboxylic acids is 1. The molecule has 7 nitrogen and oxygen atoms in total. The number of thioether (sulfide) groups is 1. The van der Waals surface area contributed by atoms with Crippen molar-refractivity contribution in [3.8, 4) is 0 Å². The quantitative estimate of drug-likeness (QED) is 0.648. The van der Waals surface area contributed by atoms with Crippen molar-refractivity contribution in [1.29, 1.82) is 0 Å². The summed E-state index contributed by atoms with van der Waals surface area (Å²) in [6.07, 6.45) is 0.847. The van der Waals surface area contributed by atoms with Gasteiger partial charge in [0.1, 0.15) is 17.1 Å². The second kappa shape index (κ2) is 6.66. The number of methoxy groups -OCH3 is 1. The van der Waals surface area contributed by atoms with Gasteiger partial charge in [0.25, 0.3) is 0 Å². The van der Waals surface area contributed by atoms with Gasteiger partial charge in [-0.25, -0.2) is 14.7 Å². The maximum absolute atomic E-state index is 11.6. The van der Waals surface area contributed by atoms with Crippen LogP contribution < -0.4 is 5.69 Å². The number of aromatic nitrogens is 3. The second-order valence-corrected chi connectivity index (χ2v) is 5.37. The van der Waals surface area contributed by atoms with E-state index in [0.29, 0.717) is 34.5 Å². The molecule has 0 amide bonds. The Labute approximate surface area is 125 Å². The highest BCUT2D eigenvalue weighted by atomic mass is 32.2. The molecular weight excluding hydrogens is 294 g/mol. The fraction of sp³-hybridized carbons (Fsp3) is 0.462. The maximum Gasteiger partial charge on any atom is 0.343 e. The van der Waals surface area contributed by atoms with E-state index in [-0.39, 0.29) is 5.69 Å². The number of nitrogens with one attached hydrogen (secondary N) is 1. The summed E-state index contributed by atoms with van der Waals surface area (Å²) in [4.78, 5) is 23.1. The van der Waals surface area contributed by atoms with Gasteiger partial charge >= 0.3 is 11.7 Å². The van der Waals surface area contributed by atoms with Gasteiger partial charge < -0.3 is 9.15 Å². The van der Waals surface area contributed by atoms with Crippen LogP contribution >= 0.6 is 11.8 Å². The Hall–Kier alpha value is -1.96. The molecule has 2 aromatic rings. The van der Waals surface area contributed by atoms with Gasteiger partial charge in [-0.15, -0.1) is 5.10 Å². The zero-order chi connectivity index (χ0) is 15.4. The second-order valence-electron chi connectivity index (χ2n) is 4.43. The first kappa shape index (κ1) is 15.4. The Kier molecular flexibility index (Phi) is 4.89. The summed E-state index contributed by atoms with van der Waals surface area (Å²) < 4.78 is 11.8. The van der Waals surface area contributed by atoms with Crippen molar-refractivity contribution in [2.45, 2.75) is 37.7 Å². The fourth-order valence-corrected chi connectivity index (χ4v) is 2.75. The molecule has 0 saturated carbocycles. The molecule has 8 heteroatoms. The molecule has 0 fully saturated rings. The number of ether oxygens (including phenoxy) is 1. The van der Waals surface area contributed by atoms with Gasteiger partial charge in [0.05, 0.1) is 12.9 Å². The van der Waals surface area contributed by atoms with Gasteiger partial charge in [-0.05, 0) is 19.4 Å². The molecule has 0 aliphatic heterocycles. The predicted molar refractivity (Wildman–Crippen MR) is 77.5 cm³/mol. The lowest BCUT2D eigenvalue weighted by molar-refractivity contribution is 0.0599. The molecule has 0 aromatic carbocycles. The summed E-state index contributed by atoms with van der Waals surface area (Å²) in [6.45, 7) is 4.32. The zero-order valence-electron chi connectivity index (χ0n) is 12.1. The molecule has 0 unspecified atom stereocenters. The molecule has 0 spiro atoms. The standard InChI is InChI=1S/C13H17N3O4S/c1-4-5-16-12(18)14-15-13(16)21-7-9-6-10(8(2)20-9)11(17)19-3/h6H,4-5,7H2,1-3H3,(H,14,18). The van der Waals surface area contributed by atoms with Crippen LogP contribution in [0.4, 0.5) is 0 Å². The number of esters is 1. The highest BCUT2D eigenvalue weighted by Gasteiger charge is 2.16. The molecular formula is C13H17N3O4S. The molecule has 0 saturated heterocycles. The molecule has 2 rings (SSSR count). The number of aromatic amines is 1. The largest absolute Gasteiger partial charge is 0.465 e. The number of furan rings is 1. The van der Waals surface area contributed by atoms with Crippen molar-refractivity contribution in [1.82, 2.24) is 14.8 Å². The van der Waals surface area contributed by atoms with Crippen LogP contribution in [0.25, 0.3) is 0 Å². The average molecular weight is 311 g/mol. The van der Waals surface area contributed by atoms with Gasteiger partial charge in [0, 0.05) is 6.54 Å². The van der Waals surface area contributed by atoms with Crippen LogP contribution in [0.15, 0.2) is 20.4 Å². The minimum atomic E-state index is -0.421. The molecule has 2 aromatic heterocycles. The number of hydrogen-bond acceptors (Lipinski definition) is 6. The first-order chi connectivity index (χ1) is 10.1. The van der Waals surface area contributed by atoms with Crippen molar-refractivity contribution in [2.24, 2.45) is 0 Å². The molecule has 0 bridgehead atoms.